The lowest BCUT2D eigenvalue weighted by atomic mass is 10.2. The van der Waals surface area contributed by atoms with E-state index in [0.29, 0.717) is 10.0 Å². The molecule has 4 heteroatoms. The summed E-state index contributed by atoms with van der Waals surface area (Å²) >= 11 is 13.5. The molecular weight excluding hydrogens is 249 g/mol. The fraction of sp³-hybridized carbons (Fsp3) is 0.455. The molecule has 0 saturated heterocycles. The molecule has 15 heavy (non-hydrogen) atoms. The molecule has 1 nitrogen and oxygen atoms in total. The van der Waals surface area contributed by atoms with Gasteiger partial charge in [0.05, 0.1) is 0 Å². The smallest absolute Gasteiger partial charge is 0.0424 e. The van der Waals surface area contributed by atoms with Gasteiger partial charge in [-0.3, -0.25) is 4.72 Å². The van der Waals surface area contributed by atoms with Gasteiger partial charge in [0.15, 0.2) is 0 Å². The molecule has 0 fully saturated rings. The number of hydrogen-bond acceptors (Lipinski definition) is 2. The maximum Gasteiger partial charge on any atom is 0.0424 e. The van der Waals surface area contributed by atoms with E-state index < -0.39 is 0 Å². The highest BCUT2D eigenvalue weighted by Gasteiger charge is 1.97. The fourth-order valence-electron chi connectivity index (χ4n) is 1.14. The van der Waals surface area contributed by atoms with E-state index in [1.807, 2.05) is 12.1 Å². The number of benzene rings is 1. The first-order chi connectivity index (χ1) is 7.22. The molecular formula is C11H15Cl2NS. The van der Waals surface area contributed by atoms with Crippen LogP contribution < -0.4 is 4.72 Å². The van der Waals surface area contributed by atoms with Gasteiger partial charge < -0.3 is 0 Å². The van der Waals surface area contributed by atoms with Crippen molar-refractivity contribution in [2.45, 2.75) is 26.3 Å². The van der Waals surface area contributed by atoms with Gasteiger partial charge in [-0.2, -0.15) is 0 Å². The zero-order valence-electron chi connectivity index (χ0n) is 8.72. The molecule has 0 aliphatic rings. The Hall–Kier alpha value is 0.110. The Morgan fingerprint density at radius 3 is 2.47 bits per heavy atom. The quantitative estimate of drug-likeness (QED) is 0.598. The molecule has 0 spiro atoms. The highest BCUT2D eigenvalue weighted by molar-refractivity contribution is 7.97. The summed E-state index contributed by atoms with van der Waals surface area (Å²) in [6.07, 6.45) is 2.48. The van der Waals surface area contributed by atoms with Crippen LogP contribution in [0.2, 0.25) is 10.0 Å². The minimum Gasteiger partial charge on any atom is -0.260 e. The molecule has 1 aromatic rings. The zero-order chi connectivity index (χ0) is 11.1. The zero-order valence-corrected chi connectivity index (χ0v) is 11.1. The summed E-state index contributed by atoms with van der Waals surface area (Å²) < 4.78 is 3.29. The van der Waals surface area contributed by atoms with E-state index in [4.69, 9.17) is 23.2 Å². The Balaban J connectivity index is 2.31. The maximum atomic E-state index is 5.89. The second-order valence-corrected chi connectivity index (χ2v) is 5.16. The summed E-state index contributed by atoms with van der Waals surface area (Å²) in [6.45, 7) is 2.99. The standard InChI is InChI=1S/C11H15Cl2NS/c1-2-3-4-15-14-8-9-5-10(12)7-11(13)6-9/h5-7,14H,2-4,8H2,1H3. The van der Waals surface area contributed by atoms with E-state index in [1.165, 1.54) is 12.8 Å². The molecule has 0 saturated carbocycles. The third-order valence-electron chi connectivity index (χ3n) is 1.90. The average Bonchev–Trinajstić information content (AvgIpc) is 2.16. The molecule has 0 amide bonds. The number of halogens is 2. The van der Waals surface area contributed by atoms with Gasteiger partial charge >= 0.3 is 0 Å². The van der Waals surface area contributed by atoms with Gasteiger partial charge in [0.1, 0.15) is 0 Å². The Morgan fingerprint density at radius 1 is 1.20 bits per heavy atom. The number of hydrogen-bond donors (Lipinski definition) is 1. The van der Waals surface area contributed by atoms with Crippen LogP contribution in [-0.4, -0.2) is 5.75 Å². The van der Waals surface area contributed by atoms with Gasteiger partial charge in [0, 0.05) is 22.3 Å². The van der Waals surface area contributed by atoms with E-state index in [9.17, 15) is 0 Å². The molecule has 0 aliphatic carbocycles. The van der Waals surface area contributed by atoms with Gasteiger partial charge in [-0.05, 0) is 30.2 Å². The summed E-state index contributed by atoms with van der Waals surface area (Å²) in [4.78, 5) is 0. The number of nitrogens with one attached hydrogen (secondary N) is 1. The fourth-order valence-corrected chi connectivity index (χ4v) is 2.55. The minimum atomic E-state index is 0.692. The van der Waals surface area contributed by atoms with Crippen molar-refractivity contribution in [3.8, 4) is 0 Å². The van der Waals surface area contributed by atoms with Crippen molar-refractivity contribution >= 4 is 35.1 Å². The van der Waals surface area contributed by atoms with Crippen molar-refractivity contribution in [3.63, 3.8) is 0 Å². The maximum absolute atomic E-state index is 5.89. The summed E-state index contributed by atoms with van der Waals surface area (Å²) in [7, 11) is 0. The molecule has 84 valence electrons. The van der Waals surface area contributed by atoms with Crippen molar-refractivity contribution < 1.29 is 0 Å². The van der Waals surface area contributed by atoms with Crippen LogP contribution in [0.4, 0.5) is 0 Å². The first-order valence-corrected chi connectivity index (χ1v) is 6.76. The van der Waals surface area contributed by atoms with Crippen LogP contribution in [0, 0.1) is 0 Å². The van der Waals surface area contributed by atoms with Crippen LogP contribution in [-0.2, 0) is 6.54 Å². The van der Waals surface area contributed by atoms with Gasteiger partial charge in [-0.25, -0.2) is 0 Å². The normalized spacial score (nSPS) is 10.6. The van der Waals surface area contributed by atoms with E-state index in [1.54, 1.807) is 18.0 Å². The van der Waals surface area contributed by atoms with Crippen molar-refractivity contribution in [3.05, 3.63) is 33.8 Å². The first kappa shape index (κ1) is 13.2. The highest BCUT2D eigenvalue weighted by Crippen LogP contribution is 2.19. The molecule has 0 heterocycles. The van der Waals surface area contributed by atoms with Crippen LogP contribution >= 0.6 is 35.1 Å². The predicted molar refractivity (Wildman–Crippen MR) is 70.7 cm³/mol. The summed E-state index contributed by atoms with van der Waals surface area (Å²) in [6, 6.07) is 5.61. The third-order valence-corrected chi connectivity index (χ3v) is 3.18. The third kappa shape index (κ3) is 5.67. The second kappa shape index (κ2) is 7.39. The van der Waals surface area contributed by atoms with E-state index in [2.05, 4.69) is 11.6 Å². The lowest BCUT2D eigenvalue weighted by molar-refractivity contribution is 0.886. The largest absolute Gasteiger partial charge is 0.260 e. The molecule has 1 N–H and O–H groups in total. The average molecular weight is 264 g/mol. The molecule has 0 aliphatic heterocycles. The van der Waals surface area contributed by atoms with E-state index >= 15 is 0 Å². The lowest BCUT2D eigenvalue weighted by Crippen LogP contribution is -2.04. The van der Waals surface area contributed by atoms with Gasteiger partial charge in [0.2, 0.25) is 0 Å². The molecule has 0 bridgehead atoms. The Morgan fingerprint density at radius 2 is 1.87 bits per heavy atom. The lowest BCUT2D eigenvalue weighted by Gasteiger charge is -2.04. The monoisotopic (exact) mass is 263 g/mol. The number of unbranched alkanes of at least 4 members (excludes halogenated alkanes) is 1. The van der Waals surface area contributed by atoms with Crippen molar-refractivity contribution in [2.75, 3.05) is 5.75 Å². The topological polar surface area (TPSA) is 12.0 Å². The van der Waals surface area contributed by atoms with Crippen molar-refractivity contribution in [1.82, 2.24) is 4.72 Å². The number of rotatable bonds is 6. The molecule has 0 radical (unpaired) electrons. The van der Waals surface area contributed by atoms with Crippen molar-refractivity contribution in [2.24, 2.45) is 0 Å². The molecule has 1 rings (SSSR count). The molecule has 0 aromatic heterocycles. The van der Waals surface area contributed by atoms with Crippen LogP contribution in [0.5, 0.6) is 0 Å². The minimum absolute atomic E-state index is 0.692. The second-order valence-electron chi connectivity index (χ2n) is 3.30. The van der Waals surface area contributed by atoms with Crippen LogP contribution in [0.1, 0.15) is 25.3 Å². The van der Waals surface area contributed by atoms with Crippen LogP contribution in [0.25, 0.3) is 0 Å². The Bertz CT molecular complexity index is 284. The van der Waals surface area contributed by atoms with E-state index in [-0.39, 0.29) is 0 Å². The molecule has 0 unspecified atom stereocenters. The predicted octanol–water partition coefficient (Wildman–Crippen LogP) is 4.53. The summed E-state index contributed by atoms with van der Waals surface area (Å²) in [5.74, 6) is 1.14. The van der Waals surface area contributed by atoms with Gasteiger partial charge in [0.25, 0.3) is 0 Å². The molecule has 1 aromatic carbocycles. The van der Waals surface area contributed by atoms with E-state index in [0.717, 1.165) is 17.9 Å². The highest BCUT2D eigenvalue weighted by atomic mass is 35.5. The summed E-state index contributed by atoms with van der Waals surface area (Å²) in [5.41, 5.74) is 1.12. The van der Waals surface area contributed by atoms with Crippen LogP contribution in [0.15, 0.2) is 18.2 Å². The summed E-state index contributed by atoms with van der Waals surface area (Å²) in [5, 5.41) is 1.38. The first-order valence-electron chi connectivity index (χ1n) is 5.02. The van der Waals surface area contributed by atoms with Gasteiger partial charge in [-0.1, -0.05) is 48.5 Å². The molecule has 0 atom stereocenters. The van der Waals surface area contributed by atoms with Crippen molar-refractivity contribution in [1.29, 1.82) is 0 Å². The Kier molecular flexibility index (Phi) is 6.50. The SMILES string of the molecule is CCCCSNCc1cc(Cl)cc(Cl)c1. The Labute approximate surface area is 106 Å². The van der Waals surface area contributed by atoms with Crippen LogP contribution in [0.3, 0.4) is 0 Å². The van der Waals surface area contributed by atoms with Gasteiger partial charge in [-0.15, -0.1) is 0 Å².